The molecule has 1 fully saturated rings. The van der Waals surface area contributed by atoms with E-state index < -0.39 is 81.4 Å². The summed E-state index contributed by atoms with van der Waals surface area (Å²) in [7, 11) is 2.90. The average Bonchev–Trinajstić information content (AvgIpc) is 2.83. The molecular weight excluding hydrogens is 496 g/mol. The van der Waals surface area contributed by atoms with Gasteiger partial charge in [0.25, 0.3) is 5.91 Å². The molecular formula is C27H32N2O9. The number of phenols is 1. The van der Waals surface area contributed by atoms with Crippen molar-refractivity contribution in [3.63, 3.8) is 0 Å². The van der Waals surface area contributed by atoms with Crippen LogP contribution in [0.1, 0.15) is 48.4 Å². The van der Waals surface area contributed by atoms with Gasteiger partial charge in [-0.3, -0.25) is 24.1 Å². The Bertz CT molecular complexity index is 1360. The van der Waals surface area contributed by atoms with E-state index in [4.69, 9.17) is 5.73 Å². The second-order valence-electron chi connectivity index (χ2n) is 10.6. The third-order valence-electron chi connectivity index (χ3n) is 8.35. The first-order valence-corrected chi connectivity index (χ1v) is 12.3. The number of aromatic hydroxyl groups is 1. The SMILES string of the molecule is CCC(=O)Cc1c(C)cc2c(c1O)C(O)=C1C(=O)[C@]3(O)C(O)=C(C(N)=O)C(=O)[C@@H](N(C)C)[C@@H]3[C@@H](O)[C@@H]1[C@H]2C. The van der Waals surface area contributed by atoms with Crippen molar-refractivity contribution in [1.82, 2.24) is 4.90 Å². The first-order chi connectivity index (χ1) is 17.6. The van der Waals surface area contributed by atoms with E-state index in [-0.39, 0.29) is 29.8 Å². The second-order valence-corrected chi connectivity index (χ2v) is 10.6. The maximum Gasteiger partial charge on any atom is 0.255 e. The smallest absolute Gasteiger partial charge is 0.255 e. The lowest BCUT2D eigenvalue weighted by atomic mass is 9.54. The zero-order chi connectivity index (χ0) is 28.6. The number of aryl methyl sites for hydroxylation is 1. The van der Waals surface area contributed by atoms with Gasteiger partial charge in [0.15, 0.2) is 11.4 Å². The molecule has 0 bridgehead atoms. The number of rotatable bonds is 5. The van der Waals surface area contributed by atoms with Crippen molar-refractivity contribution >= 4 is 29.0 Å². The summed E-state index contributed by atoms with van der Waals surface area (Å²) in [4.78, 5) is 52.7. The molecule has 1 aromatic rings. The van der Waals surface area contributed by atoms with E-state index in [1.54, 1.807) is 26.8 Å². The molecule has 7 N–H and O–H groups in total. The summed E-state index contributed by atoms with van der Waals surface area (Å²) in [6, 6.07) is 0.258. The Morgan fingerprint density at radius 1 is 1.16 bits per heavy atom. The van der Waals surface area contributed by atoms with Gasteiger partial charge in [-0.15, -0.1) is 0 Å². The summed E-state index contributed by atoms with van der Waals surface area (Å²) in [5.41, 5.74) is 2.03. The molecule has 11 heteroatoms. The van der Waals surface area contributed by atoms with Gasteiger partial charge in [-0.2, -0.15) is 0 Å². The van der Waals surface area contributed by atoms with Crippen molar-refractivity contribution < 1.29 is 44.7 Å². The average molecular weight is 529 g/mol. The van der Waals surface area contributed by atoms with Crippen molar-refractivity contribution in [3.05, 3.63) is 45.2 Å². The Morgan fingerprint density at radius 3 is 2.29 bits per heavy atom. The Kier molecular flexibility index (Phi) is 6.54. The molecule has 0 radical (unpaired) electrons. The molecule has 0 unspecified atom stereocenters. The van der Waals surface area contributed by atoms with Crippen LogP contribution in [0.25, 0.3) is 5.76 Å². The fraction of sp³-hybridized carbons (Fsp3) is 0.481. The summed E-state index contributed by atoms with van der Waals surface area (Å²) in [6.07, 6.45) is -1.54. The van der Waals surface area contributed by atoms with Gasteiger partial charge in [-0.25, -0.2) is 0 Å². The minimum Gasteiger partial charge on any atom is -0.508 e. The number of likely N-dealkylation sites (N-methyl/N-ethyl adjacent to an activating group) is 1. The van der Waals surface area contributed by atoms with E-state index in [9.17, 15) is 44.7 Å². The number of carbonyl (C=O) groups is 4. The van der Waals surface area contributed by atoms with Crippen molar-refractivity contribution in [3.8, 4) is 5.75 Å². The number of hydrogen-bond donors (Lipinski definition) is 6. The van der Waals surface area contributed by atoms with Crippen LogP contribution in [0.3, 0.4) is 0 Å². The number of benzene rings is 1. The summed E-state index contributed by atoms with van der Waals surface area (Å²) >= 11 is 0. The summed E-state index contributed by atoms with van der Waals surface area (Å²) < 4.78 is 0. The molecule has 6 atom stereocenters. The van der Waals surface area contributed by atoms with E-state index in [0.29, 0.717) is 11.1 Å². The topological polar surface area (TPSA) is 199 Å². The second kappa shape index (κ2) is 9.04. The van der Waals surface area contributed by atoms with Crippen LogP contribution in [-0.4, -0.2) is 85.5 Å². The molecule has 1 amide bonds. The Hall–Kier alpha value is -3.54. The molecule has 0 aliphatic heterocycles. The fourth-order valence-electron chi connectivity index (χ4n) is 6.40. The van der Waals surface area contributed by atoms with Crippen molar-refractivity contribution in [2.24, 2.45) is 17.6 Å². The predicted molar refractivity (Wildman–Crippen MR) is 134 cm³/mol. The maximum atomic E-state index is 14.0. The molecule has 0 aromatic heterocycles. The fourth-order valence-corrected chi connectivity index (χ4v) is 6.40. The van der Waals surface area contributed by atoms with E-state index in [2.05, 4.69) is 0 Å². The zero-order valence-electron chi connectivity index (χ0n) is 21.8. The Morgan fingerprint density at radius 2 is 1.76 bits per heavy atom. The molecule has 0 heterocycles. The van der Waals surface area contributed by atoms with E-state index in [1.807, 2.05) is 0 Å². The quantitative estimate of drug-likeness (QED) is 0.289. The molecule has 0 spiro atoms. The molecule has 38 heavy (non-hydrogen) atoms. The summed E-state index contributed by atoms with van der Waals surface area (Å²) in [6.45, 7) is 5.03. The molecule has 3 aliphatic carbocycles. The summed E-state index contributed by atoms with van der Waals surface area (Å²) in [5, 5.41) is 56.8. The van der Waals surface area contributed by atoms with Crippen LogP contribution in [0.15, 0.2) is 23.0 Å². The molecule has 4 rings (SSSR count). The van der Waals surface area contributed by atoms with Gasteiger partial charge in [0.2, 0.25) is 5.78 Å². The van der Waals surface area contributed by atoms with Crippen LogP contribution in [-0.2, 0) is 25.6 Å². The molecule has 1 aromatic carbocycles. The number of nitrogens with zero attached hydrogens (tertiary/aromatic N) is 1. The highest BCUT2D eigenvalue weighted by atomic mass is 16.4. The van der Waals surface area contributed by atoms with Gasteiger partial charge in [-0.1, -0.05) is 19.9 Å². The van der Waals surface area contributed by atoms with Gasteiger partial charge >= 0.3 is 0 Å². The monoisotopic (exact) mass is 528 g/mol. The van der Waals surface area contributed by atoms with Crippen molar-refractivity contribution in [1.29, 1.82) is 0 Å². The van der Waals surface area contributed by atoms with Gasteiger partial charge in [0.05, 0.1) is 23.6 Å². The maximum absolute atomic E-state index is 14.0. The third kappa shape index (κ3) is 3.45. The molecule has 11 nitrogen and oxygen atoms in total. The predicted octanol–water partition coefficient (Wildman–Crippen LogP) is 0.326. The summed E-state index contributed by atoms with van der Waals surface area (Å²) in [5.74, 6) is -9.59. The lowest BCUT2D eigenvalue weighted by molar-refractivity contribution is -0.169. The van der Waals surface area contributed by atoms with Crippen LogP contribution in [0.2, 0.25) is 0 Å². The number of aliphatic hydroxyl groups excluding tert-OH is 3. The third-order valence-corrected chi connectivity index (χ3v) is 8.35. The highest BCUT2D eigenvalue weighted by Crippen LogP contribution is 2.56. The van der Waals surface area contributed by atoms with Gasteiger partial charge < -0.3 is 31.3 Å². The largest absolute Gasteiger partial charge is 0.508 e. The number of Topliss-reactive ketones (excluding diaryl/α,β-unsaturated/α-hetero) is 3. The van der Waals surface area contributed by atoms with Crippen LogP contribution >= 0.6 is 0 Å². The molecule has 3 aliphatic rings. The van der Waals surface area contributed by atoms with E-state index in [1.165, 1.54) is 19.0 Å². The number of fused-ring (bicyclic) bond motifs is 3. The number of hydrogen-bond acceptors (Lipinski definition) is 10. The lowest BCUT2D eigenvalue weighted by Crippen LogP contribution is -2.70. The highest BCUT2D eigenvalue weighted by molar-refractivity contribution is 6.24. The molecule has 0 saturated heterocycles. The van der Waals surface area contributed by atoms with Gasteiger partial charge in [0.1, 0.15) is 28.6 Å². The normalized spacial score (nSPS) is 30.8. The number of ketones is 3. The van der Waals surface area contributed by atoms with E-state index >= 15 is 0 Å². The number of phenolic OH excluding ortho intramolecular Hbond substituents is 1. The van der Waals surface area contributed by atoms with Crippen molar-refractivity contribution in [2.45, 2.75) is 57.3 Å². The van der Waals surface area contributed by atoms with E-state index in [0.717, 1.165) is 0 Å². The Balaban J connectivity index is 2.04. The minimum atomic E-state index is -2.97. The highest BCUT2D eigenvalue weighted by Gasteiger charge is 2.68. The first kappa shape index (κ1) is 27.5. The van der Waals surface area contributed by atoms with Gasteiger partial charge in [0, 0.05) is 29.9 Å². The molecule has 1 saturated carbocycles. The first-order valence-electron chi connectivity index (χ1n) is 12.3. The van der Waals surface area contributed by atoms with Crippen LogP contribution in [0.5, 0.6) is 5.75 Å². The van der Waals surface area contributed by atoms with Crippen LogP contribution < -0.4 is 5.73 Å². The Labute approximate surface area is 218 Å². The standard InChI is InChI=1S/C27H32N2O9/c1-6-11(30)8-12-9(2)7-13-10(3)14-16(21(32)15(13)20(12)31)24(35)27(38)18(22(14)33)19(29(4)5)23(34)17(25(27)36)26(28)37/h7,10,14,18-19,22,31-33,36,38H,6,8H2,1-5H3,(H2,28,37)/t10-,14+,18+,19-,22-,27-/m0/s1. The lowest BCUT2D eigenvalue weighted by Gasteiger charge is -2.53. The zero-order valence-corrected chi connectivity index (χ0v) is 21.8. The minimum absolute atomic E-state index is 0.109. The number of carbonyl (C=O) groups excluding carboxylic acids is 4. The van der Waals surface area contributed by atoms with Crippen molar-refractivity contribution in [2.75, 3.05) is 14.1 Å². The van der Waals surface area contributed by atoms with Crippen LogP contribution in [0, 0.1) is 18.8 Å². The number of primary amides is 1. The number of nitrogens with two attached hydrogens (primary N) is 1. The molecule has 204 valence electrons. The van der Waals surface area contributed by atoms with Crippen LogP contribution in [0.4, 0.5) is 0 Å². The number of amides is 1. The number of aliphatic hydroxyl groups is 4. The van der Waals surface area contributed by atoms with Gasteiger partial charge in [-0.05, 0) is 38.1 Å².